The maximum Gasteiger partial charge on any atom is 0.411 e. The first-order valence-electron chi connectivity index (χ1n) is 10.7. The smallest absolute Gasteiger partial charge is 0.411 e. The number of methoxy groups -OCH3 is 1. The number of rotatable bonds is 5. The fourth-order valence-electron chi connectivity index (χ4n) is 5.02. The van der Waals surface area contributed by atoms with E-state index in [1.54, 1.807) is 21.6 Å². The molecule has 0 aromatic heterocycles. The minimum absolute atomic E-state index is 0.110. The fraction of sp³-hybridized carbons (Fsp3) is 0.375. The third-order valence-corrected chi connectivity index (χ3v) is 7.84. The Bertz CT molecular complexity index is 1020. The zero-order valence-electron chi connectivity index (χ0n) is 17.6. The molecule has 3 saturated heterocycles. The van der Waals surface area contributed by atoms with Crippen LogP contribution in [0, 0.1) is 0 Å². The average Bonchev–Trinajstić information content (AvgIpc) is 3.20. The van der Waals surface area contributed by atoms with E-state index in [2.05, 4.69) is 0 Å². The van der Waals surface area contributed by atoms with Crippen LogP contribution < -0.4 is 0 Å². The van der Waals surface area contributed by atoms with Gasteiger partial charge in [-0.1, -0.05) is 48.5 Å². The lowest BCUT2D eigenvalue weighted by molar-refractivity contribution is -0.176. The first-order chi connectivity index (χ1) is 15.6. The normalized spacial score (nSPS) is 29.2. The van der Waals surface area contributed by atoms with Gasteiger partial charge in [0.25, 0.3) is 0 Å². The Morgan fingerprint density at radius 2 is 1.69 bits per heavy atom. The van der Waals surface area contributed by atoms with E-state index in [1.165, 1.54) is 7.11 Å². The quantitative estimate of drug-likeness (QED) is 0.512. The zero-order valence-corrected chi connectivity index (χ0v) is 18.4. The minimum atomic E-state index is -0.679. The number of β-lactam (4-membered cyclic amide) rings is 1. The Labute approximate surface area is 190 Å². The molecule has 3 heterocycles. The molecule has 32 heavy (non-hydrogen) atoms. The number of nitrogens with zero attached hydrogens (tertiary/aromatic N) is 2. The minimum Gasteiger partial charge on any atom is -0.467 e. The number of carbonyl (C=O) groups excluding carboxylic acids is 3. The van der Waals surface area contributed by atoms with Crippen LogP contribution in [0.5, 0.6) is 0 Å². The van der Waals surface area contributed by atoms with Crippen molar-refractivity contribution < 1.29 is 23.9 Å². The highest BCUT2D eigenvalue weighted by molar-refractivity contribution is 8.00. The van der Waals surface area contributed by atoms with Crippen molar-refractivity contribution in [2.24, 2.45) is 0 Å². The van der Waals surface area contributed by atoms with Gasteiger partial charge in [0.1, 0.15) is 18.7 Å². The van der Waals surface area contributed by atoms with Gasteiger partial charge in [0.2, 0.25) is 5.91 Å². The number of amides is 2. The molecule has 3 fully saturated rings. The number of hydrogen-bond donors (Lipinski definition) is 0. The summed E-state index contributed by atoms with van der Waals surface area (Å²) in [6.07, 6.45) is 0.968. The number of carbonyl (C=O) groups is 3. The molecular formula is C24H24N2O5S. The summed E-state index contributed by atoms with van der Waals surface area (Å²) < 4.78 is 10.4. The predicted octanol–water partition coefficient (Wildman–Crippen LogP) is 3.26. The summed E-state index contributed by atoms with van der Waals surface area (Å²) in [6, 6.07) is 17.6. The maximum atomic E-state index is 13.4. The zero-order chi connectivity index (χ0) is 22.2. The molecule has 0 bridgehead atoms. The molecule has 5 rings (SSSR count). The molecular weight excluding hydrogens is 428 g/mol. The van der Waals surface area contributed by atoms with Gasteiger partial charge in [-0.25, -0.2) is 9.59 Å². The largest absolute Gasteiger partial charge is 0.467 e. The van der Waals surface area contributed by atoms with E-state index >= 15 is 0 Å². The van der Waals surface area contributed by atoms with Crippen molar-refractivity contribution in [2.45, 2.75) is 47.2 Å². The van der Waals surface area contributed by atoms with Gasteiger partial charge in [-0.3, -0.25) is 9.69 Å². The fourth-order valence-corrected chi connectivity index (χ4v) is 6.31. The van der Waals surface area contributed by atoms with Crippen LogP contribution in [0.15, 0.2) is 65.6 Å². The molecule has 3 aliphatic heterocycles. The first kappa shape index (κ1) is 20.9. The van der Waals surface area contributed by atoms with E-state index in [1.807, 2.05) is 60.7 Å². The Kier molecular flexibility index (Phi) is 5.55. The molecule has 2 aromatic rings. The van der Waals surface area contributed by atoms with Gasteiger partial charge >= 0.3 is 12.1 Å². The lowest BCUT2D eigenvalue weighted by atomic mass is 9.81. The number of thioether (sulfide) groups is 1. The standard InChI is InChI=1S/C24H24N2O5S/c1-30-23(28)21-19(32-16-10-6-3-7-11-16)13-12-17-20(22(27)25(17)21)26-18(14-31-24(26)29)15-8-4-2-5-9-15/h2-11,17-21H,12-14H2,1H3/t17-,18-,19+,20+,21-/m1/s1. The second-order valence-corrected chi connectivity index (χ2v) is 9.50. The topological polar surface area (TPSA) is 76.1 Å². The third-order valence-electron chi connectivity index (χ3n) is 6.50. The van der Waals surface area contributed by atoms with E-state index in [-0.39, 0.29) is 29.8 Å². The average molecular weight is 453 g/mol. The number of piperidine rings is 1. The molecule has 3 aliphatic rings. The van der Waals surface area contributed by atoms with E-state index in [9.17, 15) is 14.4 Å². The molecule has 166 valence electrons. The number of fused-ring (bicyclic) bond motifs is 1. The molecule has 8 heteroatoms. The van der Waals surface area contributed by atoms with Crippen molar-refractivity contribution in [3.8, 4) is 0 Å². The van der Waals surface area contributed by atoms with Crippen LogP contribution in [0.2, 0.25) is 0 Å². The van der Waals surface area contributed by atoms with Crippen LogP contribution in [0.4, 0.5) is 4.79 Å². The Morgan fingerprint density at radius 3 is 2.38 bits per heavy atom. The van der Waals surface area contributed by atoms with E-state index in [0.29, 0.717) is 6.42 Å². The monoisotopic (exact) mass is 452 g/mol. The number of cyclic esters (lactones) is 1. The summed E-state index contributed by atoms with van der Waals surface area (Å²) in [4.78, 5) is 43.0. The molecule has 2 amide bonds. The third kappa shape index (κ3) is 3.43. The summed E-state index contributed by atoms with van der Waals surface area (Å²) in [7, 11) is 1.35. The van der Waals surface area contributed by atoms with Gasteiger partial charge in [0.05, 0.1) is 19.2 Å². The van der Waals surface area contributed by atoms with Crippen LogP contribution in [0.3, 0.4) is 0 Å². The summed E-state index contributed by atoms with van der Waals surface area (Å²) in [5.41, 5.74) is 0.933. The molecule has 0 radical (unpaired) electrons. The molecule has 2 aromatic carbocycles. The summed E-state index contributed by atoms with van der Waals surface area (Å²) in [6.45, 7) is 0.215. The van der Waals surface area contributed by atoms with Gasteiger partial charge in [0, 0.05) is 10.1 Å². The Morgan fingerprint density at radius 1 is 1.00 bits per heavy atom. The summed E-state index contributed by atoms with van der Waals surface area (Å²) in [5.74, 6) is -0.637. The van der Waals surface area contributed by atoms with Crippen molar-refractivity contribution in [1.82, 2.24) is 9.80 Å². The molecule has 0 N–H and O–H groups in total. The highest BCUT2D eigenvalue weighted by Gasteiger charge is 2.61. The van der Waals surface area contributed by atoms with E-state index < -0.39 is 24.1 Å². The van der Waals surface area contributed by atoms with E-state index in [0.717, 1.165) is 16.9 Å². The number of esters is 1. The number of hydrogen-bond acceptors (Lipinski definition) is 6. The van der Waals surface area contributed by atoms with Gasteiger partial charge in [0.15, 0.2) is 0 Å². The summed E-state index contributed by atoms with van der Waals surface area (Å²) >= 11 is 1.59. The number of ether oxygens (including phenoxy) is 2. The van der Waals surface area contributed by atoms with Crippen molar-refractivity contribution in [2.75, 3.05) is 13.7 Å². The van der Waals surface area contributed by atoms with Crippen LogP contribution >= 0.6 is 11.8 Å². The first-order valence-corrected chi connectivity index (χ1v) is 11.6. The van der Waals surface area contributed by atoms with Crippen LogP contribution in [-0.4, -0.2) is 64.9 Å². The highest BCUT2D eigenvalue weighted by atomic mass is 32.2. The highest BCUT2D eigenvalue weighted by Crippen LogP contribution is 2.45. The van der Waals surface area contributed by atoms with Crippen LogP contribution in [0.25, 0.3) is 0 Å². The van der Waals surface area contributed by atoms with Gasteiger partial charge < -0.3 is 14.4 Å². The van der Waals surface area contributed by atoms with Crippen molar-refractivity contribution >= 4 is 29.7 Å². The lowest BCUT2D eigenvalue weighted by Gasteiger charge is -2.57. The predicted molar refractivity (Wildman–Crippen MR) is 118 cm³/mol. The molecule has 0 aliphatic carbocycles. The van der Waals surface area contributed by atoms with Gasteiger partial charge in [-0.05, 0) is 30.5 Å². The summed E-state index contributed by atoms with van der Waals surface area (Å²) in [5, 5.41) is -0.110. The molecule has 0 spiro atoms. The Hall–Kier alpha value is -3.00. The second-order valence-electron chi connectivity index (χ2n) is 8.18. The lowest BCUT2D eigenvalue weighted by Crippen LogP contribution is -2.77. The molecule has 0 unspecified atom stereocenters. The molecule has 5 atom stereocenters. The SMILES string of the molecule is COC(=O)[C@H]1[C@@H](Sc2ccccc2)CC[C@@H]2[C@H](N3C(=O)OC[C@@H]3c3ccccc3)C(=O)N21. The van der Waals surface area contributed by atoms with E-state index in [4.69, 9.17) is 9.47 Å². The second kappa shape index (κ2) is 8.50. The molecule has 0 saturated carbocycles. The van der Waals surface area contributed by atoms with Crippen LogP contribution in [-0.2, 0) is 19.1 Å². The maximum absolute atomic E-state index is 13.4. The molecule has 7 nitrogen and oxygen atoms in total. The van der Waals surface area contributed by atoms with Gasteiger partial charge in [-0.15, -0.1) is 11.8 Å². The Balaban J connectivity index is 1.40. The van der Waals surface area contributed by atoms with Gasteiger partial charge in [-0.2, -0.15) is 0 Å². The van der Waals surface area contributed by atoms with Crippen molar-refractivity contribution in [3.05, 3.63) is 66.2 Å². The van der Waals surface area contributed by atoms with Crippen molar-refractivity contribution in [3.63, 3.8) is 0 Å². The number of benzene rings is 2. The van der Waals surface area contributed by atoms with Crippen LogP contribution in [0.1, 0.15) is 24.4 Å². The van der Waals surface area contributed by atoms with Crippen molar-refractivity contribution in [1.29, 1.82) is 0 Å².